The van der Waals surface area contributed by atoms with Crippen molar-refractivity contribution in [2.75, 3.05) is 6.54 Å². The number of nitrogens with two attached hydrogens (primary N) is 1. The Balaban J connectivity index is 1.90. The van der Waals surface area contributed by atoms with Gasteiger partial charge in [0.2, 0.25) is 0 Å². The van der Waals surface area contributed by atoms with E-state index >= 15 is 0 Å². The predicted octanol–water partition coefficient (Wildman–Crippen LogP) is 2.28. The summed E-state index contributed by atoms with van der Waals surface area (Å²) < 4.78 is 13.1. The van der Waals surface area contributed by atoms with Gasteiger partial charge in [-0.1, -0.05) is 6.07 Å². The van der Waals surface area contributed by atoms with Gasteiger partial charge in [-0.2, -0.15) is 0 Å². The molecule has 2 heteroatoms. The Hall–Kier alpha value is -0.890. The fraction of sp³-hybridized carbons (Fsp3) is 0.538. The predicted molar refractivity (Wildman–Crippen MR) is 58.0 cm³/mol. The van der Waals surface area contributed by atoms with Gasteiger partial charge in [0.15, 0.2) is 0 Å². The number of hydrogen-bond donors (Lipinski definition) is 1. The van der Waals surface area contributed by atoms with Crippen LogP contribution in [0.4, 0.5) is 4.39 Å². The molecule has 2 N–H and O–H groups in total. The summed E-state index contributed by atoms with van der Waals surface area (Å²) >= 11 is 0. The normalized spacial score (nSPS) is 32.8. The van der Waals surface area contributed by atoms with E-state index in [9.17, 15) is 4.39 Å². The summed E-state index contributed by atoms with van der Waals surface area (Å²) in [6.45, 7) is 0.796. The van der Waals surface area contributed by atoms with Gasteiger partial charge in [0, 0.05) is 0 Å². The minimum Gasteiger partial charge on any atom is -0.330 e. The highest BCUT2D eigenvalue weighted by molar-refractivity contribution is 5.34. The highest BCUT2D eigenvalue weighted by Gasteiger charge is 2.53. The lowest BCUT2D eigenvalue weighted by atomic mass is 9.80. The molecule has 2 aliphatic carbocycles. The van der Waals surface area contributed by atoms with Crippen LogP contribution in [0.1, 0.15) is 24.0 Å². The van der Waals surface area contributed by atoms with Crippen LogP contribution in [-0.4, -0.2) is 6.54 Å². The zero-order valence-electron chi connectivity index (χ0n) is 8.80. The molecule has 80 valence electrons. The molecule has 0 saturated heterocycles. The molecule has 1 aromatic rings. The van der Waals surface area contributed by atoms with E-state index in [1.54, 1.807) is 12.1 Å². The van der Waals surface area contributed by atoms with Gasteiger partial charge < -0.3 is 5.73 Å². The topological polar surface area (TPSA) is 26.0 Å². The van der Waals surface area contributed by atoms with E-state index in [4.69, 9.17) is 5.73 Å². The number of benzene rings is 1. The fourth-order valence-corrected chi connectivity index (χ4v) is 3.14. The number of hydrogen-bond acceptors (Lipinski definition) is 1. The molecule has 1 saturated carbocycles. The largest absolute Gasteiger partial charge is 0.330 e. The zero-order valence-corrected chi connectivity index (χ0v) is 8.80. The summed E-state index contributed by atoms with van der Waals surface area (Å²) in [6, 6.07) is 5.23. The zero-order chi connectivity index (χ0) is 10.5. The first-order valence-electron chi connectivity index (χ1n) is 5.71. The van der Waals surface area contributed by atoms with Gasteiger partial charge in [-0.25, -0.2) is 4.39 Å². The third-order valence-corrected chi connectivity index (χ3v) is 4.25. The molecule has 0 aliphatic heterocycles. The van der Waals surface area contributed by atoms with Crippen molar-refractivity contribution in [1.29, 1.82) is 0 Å². The van der Waals surface area contributed by atoms with Crippen LogP contribution in [0, 0.1) is 17.2 Å². The molecule has 3 rings (SSSR count). The third kappa shape index (κ3) is 1.39. The molecule has 0 amide bonds. The van der Waals surface area contributed by atoms with Crippen molar-refractivity contribution in [3.05, 3.63) is 35.1 Å². The molecule has 0 radical (unpaired) electrons. The minimum absolute atomic E-state index is 0.101. The first kappa shape index (κ1) is 9.34. The maximum Gasteiger partial charge on any atom is 0.123 e. The van der Waals surface area contributed by atoms with E-state index in [-0.39, 0.29) is 5.82 Å². The lowest BCUT2D eigenvalue weighted by molar-refractivity contribution is 0.394. The second-order valence-electron chi connectivity index (χ2n) is 5.09. The number of aryl methyl sites for hydroxylation is 1. The van der Waals surface area contributed by atoms with Crippen LogP contribution in [0.5, 0.6) is 0 Å². The summed E-state index contributed by atoms with van der Waals surface area (Å²) in [4.78, 5) is 0. The molecule has 1 nitrogen and oxygen atoms in total. The monoisotopic (exact) mass is 205 g/mol. The number of rotatable bonds is 1. The Morgan fingerprint density at radius 3 is 3.00 bits per heavy atom. The molecule has 2 aliphatic rings. The molecular weight excluding hydrogens is 189 g/mol. The van der Waals surface area contributed by atoms with Gasteiger partial charge in [-0.3, -0.25) is 0 Å². The van der Waals surface area contributed by atoms with E-state index in [0.717, 1.165) is 19.4 Å². The molecule has 0 aromatic heterocycles. The van der Waals surface area contributed by atoms with Crippen molar-refractivity contribution in [2.24, 2.45) is 17.1 Å². The van der Waals surface area contributed by atoms with E-state index < -0.39 is 0 Å². The lowest BCUT2D eigenvalue weighted by Gasteiger charge is -2.25. The lowest BCUT2D eigenvalue weighted by Crippen LogP contribution is -2.20. The summed E-state index contributed by atoms with van der Waals surface area (Å²) in [7, 11) is 0. The number of fused-ring (bicyclic) bond motifs is 1. The maximum atomic E-state index is 13.1. The van der Waals surface area contributed by atoms with Crippen LogP contribution < -0.4 is 5.73 Å². The second-order valence-corrected chi connectivity index (χ2v) is 5.09. The summed E-state index contributed by atoms with van der Waals surface area (Å²) in [6.07, 6.45) is 4.64. The maximum absolute atomic E-state index is 13.1. The third-order valence-electron chi connectivity index (χ3n) is 4.25. The smallest absolute Gasteiger partial charge is 0.123 e. The van der Waals surface area contributed by atoms with Crippen molar-refractivity contribution in [3.63, 3.8) is 0 Å². The highest BCUT2D eigenvalue weighted by Crippen LogP contribution is 2.59. The van der Waals surface area contributed by atoms with Crippen molar-refractivity contribution in [1.82, 2.24) is 0 Å². The van der Waals surface area contributed by atoms with Gasteiger partial charge in [0.05, 0.1) is 0 Å². The quantitative estimate of drug-likeness (QED) is 0.748. The molecule has 0 heterocycles. The molecule has 1 aromatic carbocycles. The van der Waals surface area contributed by atoms with Crippen LogP contribution >= 0.6 is 0 Å². The van der Waals surface area contributed by atoms with E-state index in [2.05, 4.69) is 0 Å². The van der Waals surface area contributed by atoms with Crippen LogP contribution in [0.15, 0.2) is 18.2 Å². The summed E-state index contributed by atoms with van der Waals surface area (Å²) in [5.41, 5.74) is 8.71. The van der Waals surface area contributed by atoms with Crippen LogP contribution in [-0.2, 0) is 12.8 Å². The fourth-order valence-electron chi connectivity index (χ4n) is 3.14. The standard InChI is InChI=1S/C13H16FN/c14-12-2-1-9-3-4-13(6-10(9)5-12)7-11(13)8-15/h1-2,5,11H,3-4,6-8,15H2. The van der Waals surface area contributed by atoms with Crippen LogP contribution in [0.2, 0.25) is 0 Å². The Kier molecular flexibility index (Phi) is 1.90. The molecule has 15 heavy (non-hydrogen) atoms. The van der Waals surface area contributed by atoms with Crippen molar-refractivity contribution >= 4 is 0 Å². The van der Waals surface area contributed by atoms with Crippen LogP contribution in [0.25, 0.3) is 0 Å². The Morgan fingerprint density at radius 2 is 2.27 bits per heavy atom. The average Bonchev–Trinajstić information content (AvgIpc) is 2.90. The van der Waals surface area contributed by atoms with Gasteiger partial charge in [0.1, 0.15) is 5.82 Å². The first-order valence-corrected chi connectivity index (χ1v) is 5.71. The minimum atomic E-state index is -0.101. The molecule has 1 fully saturated rings. The van der Waals surface area contributed by atoms with Crippen molar-refractivity contribution < 1.29 is 4.39 Å². The number of halogens is 1. The van der Waals surface area contributed by atoms with Crippen molar-refractivity contribution in [2.45, 2.75) is 25.7 Å². The summed E-state index contributed by atoms with van der Waals surface area (Å²) in [5.74, 6) is 0.588. The van der Waals surface area contributed by atoms with E-state index in [1.165, 1.54) is 24.0 Å². The molecule has 1 spiro atoms. The highest BCUT2D eigenvalue weighted by atomic mass is 19.1. The van der Waals surface area contributed by atoms with Gasteiger partial charge in [0.25, 0.3) is 0 Å². The van der Waals surface area contributed by atoms with Gasteiger partial charge in [-0.15, -0.1) is 0 Å². The molecule has 0 bridgehead atoms. The molecule has 2 unspecified atom stereocenters. The summed E-state index contributed by atoms with van der Waals surface area (Å²) in [5, 5.41) is 0. The van der Waals surface area contributed by atoms with Crippen molar-refractivity contribution in [3.8, 4) is 0 Å². The van der Waals surface area contributed by atoms with E-state index in [0.29, 0.717) is 11.3 Å². The van der Waals surface area contributed by atoms with Crippen LogP contribution in [0.3, 0.4) is 0 Å². The van der Waals surface area contributed by atoms with Gasteiger partial charge in [-0.05, 0) is 66.8 Å². The first-order chi connectivity index (χ1) is 7.23. The SMILES string of the molecule is NCC1CC12CCc1ccc(F)cc1C2. The Labute approximate surface area is 89.5 Å². The molecule has 2 atom stereocenters. The average molecular weight is 205 g/mol. The van der Waals surface area contributed by atoms with E-state index in [1.807, 2.05) is 6.07 Å². The second kappa shape index (κ2) is 3.05. The molecular formula is C13H16FN. The van der Waals surface area contributed by atoms with Gasteiger partial charge >= 0.3 is 0 Å². The Morgan fingerprint density at radius 1 is 1.40 bits per heavy atom. The Bertz CT molecular complexity index is 402.